The monoisotopic (exact) mass is 251 g/mol. The van der Waals surface area contributed by atoms with E-state index in [4.69, 9.17) is 0 Å². The maximum absolute atomic E-state index is 13.0. The Kier molecular flexibility index (Phi) is 6.34. The van der Waals surface area contributed by atoms with Crippen LogP contribution in [0.2, 0.25) is 0 Å². The fourth-order valence-corrected chi connectivity index (χ4v) is 2.42. The molecule has 0 fully saturated rings. The molecule has 0 spiro atoms. The van der Waals surface area contributed by atoms with Gasteiger partial charge in [-0.15, -0.1) is 0 Å². The van der Waals surface area contributed by atoms with Crippen LogP contribution >= 0.6 is 0 Å². The Morgan fingerprint density at radius 1 is 1.28 bits per heavy atom. The van der Waals surface area contributed by atoms with Crippen molar-refractivity contribution in [3.8, 4) is 0 Å². The third-order valence-corrected chi connectivity index (χ3v) is 3.37. The molecule has 0 heterocycles. The zero-order chi connectivity index (χ0) is 13.5. The lowest BCUT2D eigenvalue weighted by Gasteiger charge is -2.19. The molecule has 0 radical (unpaired) electrons. The molecule has 2 heteroatoms. The molecule has 2 unspecified atom stereocenters. The average molecular weight is 251 g/mol. The van der Waals surface area contributed by atoms with Crippen molar-refractivity contribution in [3.05, 3.63) is 35.1 Å². The number of aryl methyl sites for hydroxylation is 1. The highest BCUT2D eigenvalue weighted by atomic mass is 19.1. The number of hydrogen-bond donors (Lipinski definition) is 1. The molecule has 1 nitrogen and oxygen atoms in total. The van der Waals surface area contributed by atoms with E-state index in [9.17, 15) is 4.39 Å². The van der Waals surface area contributed by atoms with Crippen molar-refractivity contribution in [2.45, 2.75) is 53.0 Å². The molecular formula is C16H26FN. The molecule has 0 aliphatic carbocycles. The zero-order valence-corrected chi connectivity index (χ0v) is 12.1. The van der Waals surface area contributed by atoms with Crippen molar-refractivity contribution >= 4 is 0 Å². The van der Waals surface area contributed by atoms with Crippen LogP contribution in [0.4, 0.5) is 4.39 Å². The van der Waals surface area contributed by atoms with Crippen molar-refractivity contribution in [2.24, 2.45) is 5.92 Å². The molecule has 2 atom stereocenters. The largest absolute Gasteiger partial charge is 0.314 e. The van der Waals surface area contributed by atoms with Crippen molar-refractivity contribution in [3.63, 3.8) is 0 Å². The zero-order valence-electron chi connectivity index (χ0n) is 12.1. The molecule has 0 bridgehead atoms. The van der Waals surface area contributed by atoms with Crippen LogP contribution in [-0.2, 0) is 6.42 Å². The minimum absolute atomic E-state index is 0.137. The second-order valence-electron chi connectivity index (χ2n) is 5.47. The van der Waals surface area contributed by atoms with Crippen LogP contribution in [-0.4, -0.2) is 12.6 Å². The topological polar surface area (TPSA) is 12.0 Å². The number of benzene rings is 1. The molecule has 0 aliphatic heterocycles. The second kappa shape index (κ2) is 7.52. The minimum Gasteiger partial charge on any atom is -0.314 e. The Hall–Kier alpha value is -0.890. The van der Waals surface area contributed by atoms with Gasteiger partial charge in [-0.2, -0.15) is 0 Å². The smallest absolute Gasteiger partial charge is 0.123 e. The quantitative estimate of drug-likeness (QED) is 0.769. The van der Waals surface area contributed by atoms with Gasteiger partial charge in [0.05, 0.1) is 0 Å². The highest BCUT2D eigenvalue weighted by Crippen LogP contribution is 2.17. The summed E-state index contributed by atoms with van der Waals surface area (Å²) in [5, 5.41) is 3.51. The Labute approximate surface area is 111 Å². The predicted octanol–water partition coefficient (Wildman–Crippen LogP) is 4.09. The molecule has 1 N–H and O–H groups in total. The number of hydrogen-bond acceptors (Lipinski definition) is 1. The van der Waals surface area contributed by atoms with Crippen molar-refractivity contribution in [1.82, 2.24) is 5.32 Å². The third-order valence-electron chi connectivity index (χ3n) is 3.37. The lowest BCUT2D eigenvalue weighted by atomic mass is 9.92. The van der Waals surface area contributed by atoms with E-state index in [0.717, 1.165) is 24.9 Å². The first-order valence-electron chi connectivity index (χ1n) is 7.01. The van der Waals surface area contributed by atoms with Gasteiger partial charge in [0.25, 0.3) is 0 Å². The van der Waals surface area contributed by atoms with E-state index in [1.807, 2.05) is 13.0 Å². The first-order chi connectivity index (χ1) is 8.52. The molecule has 1 aromatic carbocycles. The molecule has 0 saturated heterocycles. The molecule has 0 amide bonds. The lowest BCUT2D eigenvalue weighted by molar-refractivity contribution is 0.419. The van der Waals surface area contributed by atoms with Gasteiger partial charge in [0, 0.05) is 6.04 Å². The summed E-state index contributed by atoms with van der Waals surface area (Å²) < 4.78 is 13.0. The Bertz CT molecular complexity index is 362. The molecule has 0 aliphatic rings. The van der Waals surface area contributed by atoms with Gasteiger partial charge in [0.1, 0.15) is 5.82 Å². The lowest BCUT2D eigenvalue weighted by Crippen LogP contribution is -2.28. The molecule has 0 saturated carbocycles. The average Bonchev–Trinajstić information content (AvgIpc) is 2.30. The summed E-state index contributed by atoms with van der Waals surface area (Å²) in [6.07, 6.45) is 3.37. The second-order valence-corrected chi connectivity index (χ2v) is 5.47. The maximum atomic E-state index is 13.0. The Balaban J connectivity index is 2.46. The maximum Gasteiger partial charge on any atom is 0.123 e. The molecule has 102 valence electrons. The molecular weight excluding hydrogens is 225 g/mol. The van der Waals surface area contributed by atoms with Crippen LogP contribution in [0, 0.1) is 18.7 Å². The summed E-state index contributed by atoms with van der Waals surface area (Å²) in [6, 6.07) is 5.67. The highest BCUT2D eigenvalue weighted by molar-refractivity contribution is 5.26. The highest BCUT2D eigenvalue weighted by Gasteiger charge is 2.10. The molecule has 1 aromatic rings. The van der Waals surface area contributed by atoms with E-state index in [1.165, 1.54) is 12.0 Å². The standard InChI is InChI=1S/C16H26FN/c1-5-8-18-14(4)9-12(2)10-15-6-7-16(17)11-13(15)3/h6-7,11-12,14,18H,5,8-10H2,1-4H3. The van der Waals surface area contributed by atoms with Gasteiger partial charge >= 0.3 is 0 Å². The Morgan fingerprint density at radius 3 is 2.61 bits per heavy atom. The van der Waals surface area contributed by atoms with Gasteiger partial charge in [-0.3, -0.25) is 0 Å². The van der Waals surface area contributed by atoms with Crippen molar-refractivity contribution in [1.29, 1.82) is 0 Å². The SMILES string of the molecule is CCCNC(C)CC(C)Cc1ccc(F)cc1C. The van der Waals surface area contributed by atoms with Crippen molar-refractivity contribution in [2.75, 3.05) is 6.54 Å². The van der Waals surface area contributed by atoms with E-state index in [2.05, 4.69) is 26.1 Å². The molecule has 18 heavy (non-hydrogen) atoms. The van der Waals surface area contributed by atoms with Crippen molar-refractivity contribution < 1.29 is 4.39 Å². The number of halogens is 1. The molecule has 1 rings (SSSR count). The summed E-state index contributed by atoms with van der Waals surface area (Å²) >= 11 is 0. The van der Waals surface area contributed by atoms with Gasteiger partial charge in [0.2, 0.25) is 0 Å². The fourth-order valence-electron chi connectivity index (χ4n) is 2.42. The van der Waals surface area contributed by atoms with Crippen LogP contribution in [0.25, 0.3) is 0 Å². The van der Waals surface area contributed by atoms with Gasteiger partial charge in [-0.1, -0.05) is 19.9 Å². The van der Waals surface area contributed by atoms with Crippen LogP contribution < -0.4 is 5.32 Å². The van der Waals surface area contributed by atoms with E-state index in [0.29, 0.717) is 12.0 Å². The fraction of sp³-hybridized carbons (Fsp3) is 0.625. The van der Waals surface area contributed by atoms with E-state index >= 15 is 0 Å². The van der Waals surface area contributed by atoms with Gasteiger partial charge in [-0.25, -0.2) is 4.39 Å². The normalized spacial score (nSPS) is 14.5. The van der Waals surface area contributed by atoms with Gasteiger partial charge in [0.15, 0.2) is 0 Å². The third kappa shape index (κ3) is 5.18. The van der Waals surface area contributed by atoms with Crippen LogP contribution in [0.1, 0.15) is 44.7 Å². The van der Waals surface area contributed by atoms with Gasteiger partial charge in [-0.05, 0) is 68.8 Å². The summed E-state index contributed by atoms with van der Waals surface area (Å²) in [5.74, 6) is 0.482. The first-order valence-corrected chi connectivity index (χ1v) is 7.01. The first kappa shape index (κ1) is 15.2. The van der Waals surface area contributed by atoms with Crippen LogP contribution in [0.15, 0.2) is 18.2 Å². The minimum atomic E-state index is -0.137. The van der Waals surface area contributed by atoms with E-state index < -0.39 is 0 Å². The summed E-state index contributed by atoms with van der Waals surface area (Å²) in [6.45, 7) is 9.77. The Morgan fingerprint density at radius 2 is 2.00 bits per heavy atom. The van der Waals surface area contributed by atoms with Crippen LogP contribution in [0.3, 0.4) is 0 Å². The van der Waals surface area contributed by atoms with Crippen LogP contribution in [0.5, 0.6) is 0 Å². The van der Waals surface area contributed by atoms with E-state index in [1.54, 1.807) is 12.1 Å². The summed E-state index contributed by atoms with van der Waals surface area (Å²) in [4.78, 5) is 0. The number of rotatable bonds is 7. The number of nitrogens with one attached hydrogen (secondary N) is 1. The van der Waals surface area contributed by atoms with E-state index in [-0.39, 0.29) is 5.82 Å². The predicted molar refractivity (Wildman–Crippen MR) is 76.4 cm³/mol. The van der Waals surface area contributed by atoms with Gasteiger partial charge < -0.3 is 5.32 Å². The molecule has 0 aromatic heterocycles. The summed E-state index contributed by atoms with van der Waals surface area (Å²) in [5.41, 5.74) is 2.34. The summed E-state index contributed by atoms with van der Waals surface area (Å²) in [7, 11) is 0.